The van der Waals surface area contributed by atoms with Crippen molar-refractivity contribution in [3.63, 3.8) is 0 Å². The average molecular weight is 364 g/mol. The van der Waals surface area contributed by atoms with E-state index in [2.05, 4.69) is 23.8 Å². The maximum Gasteiger partial charge on any atom is 0.223 e. The highest BCUT2D eigenvalue weighted by molar-refractivity contribution is 5.89. The van der Waals surface area contributed by atoms with E-state index < -0.39 is 5.54 Å². The molecule has 0 radical (unpaired) electrons. The number of hydrogen-bond donors (Lipinski definition) is 2. The molecular weight excluding hydrogens is 330 g/mol. The van der Waals surface area contributed by atoms with Crippen LogP contribution in [0.15, 0.2) is 18.5 Å². The Morgan fingerprint density at radius 3 is 2.23 bits per heavy atom. The lowest BCUT2D eigenvalue weighted by Gasteiger charge is -2.23. The predicted octanol–water partition coefficient (Wildman–Crippen LogP) is 3.51. The summed E-state index contributed by atoms with van der Waals surface area (Å²) in [5, 5.41) is 11.1. The van der Waals surface area contributed by atoms with E-state index in [-0.39, 0.29) is 12.7 Å². The van der Waals surface area contributed by atoms with Gasteiger partial charge in [-0.05, 0) is 44.2 Å². The maximum atomic E-state index is 9.30. The molecule has 0 amide bonds. The number of fused-ring (bicyclic) bond motifs is 1. The number of rotatable bonds is 5. The smallest absolute Gasteiger partial charge is 0.223 e. The fourth-order valence-corrected chi connectivity index (χ4v) is 2.23. The number of carbonyl (C=O) groups excluding carboxylic acids is 1. The van der Waals surface area contributed by atoms with Gasteiger partial charge < -0.3 is 20.4 Å². The lowest BCUT2D eigenvalue weighted by Crippen LogP contribution is -2.29. The van der Waals surface area contributed by atoms with Crippen molar-refractivity contribution in [2.24, 2.45) is 5.73 Å². The minimum Gasteiger partial charge on any atom is -0.471 e. The van der Waals surface area contributed by atoms with Crippen LogP contribution in [0.4, 0.5) is 0 Å². The number of aryl methyl sites for hydroxylation is 1. The zero-order chi connectivity index (χ0) is 20.3. The van der Waals surface area contributed by atoms with Crippen LogP contribution in [-0.4, -0.2) is 34.6 Å². The number of carbonyl (C=O) groups is 1. The van der Waals surface area contributed by atoms with Crippen molar-refractivity contribution in [1.82, 2.24) is 9.97 Å². The first-order valence-electron chi connectivity index (χ1n) is 8.89. The molecule has 2 aromatic rings. The average Bonchev–Trinajstić information content (AvgIpc) is 2.60. The number of aromatic nitrogens is 2. The first kappa shape index (κ1) is 23.9. The normalized spacial score (nSPS) is 11.7. The Bertz CT molecular complexity index is 665. The Hall–Kier alpha value is -2.05. The Kier molecular flexibility index (Phi) is 10.6. The Morgan fingerprint density at radius 2 is 1.77 bits per heavy atom. The maximum absolute atomic E-state index is 9.30. The van der Waals surface area contributed by atoms with E-state index in [4.69, 9.17) is 15.3 Å². The van der Waals surface area contributed by atoms with Crippen molar-refractivity contribution >= 4 is 17.6 Å². The quantitative estimate of drug-likeness (QED) is 0.843. The summed E-state index contributed by atoms with van der Waals surface area (Å²) in [6, 6.07) is 1.99. The van der Waals surface area contributed by atoms with Gasteiger partial charge in [0.15, 0.2) is 0 Å². The van der Waals surface area contributed by atoms with Gasteiger partial charge in [-0.1, -0.05) is 27.2 Å². The van der Waals surface area contributed by atoms with Gasteiger partial charge >= 0.3 is 0 Å². The van der Waals surface area contributed by atoms with Crippen LogP contribution in [0.1, 0.15) is 58.7 Å². The van der Waals surface area contributed by atoms with Crippen LogP contribution in [0, 0.1) is 6.92 Å². The van der Waals surface area contributed by atoms with Crippen LogP contribution >= 0.6 is 0 Å². The number of nitrogens with two attached hydrogens (primary N) is 1. The van der Waals surface area contributed by atoms with Crippen LogP contribution in [0.3, 0.4) is 0 Å². The number of pyridine rings is 2. The van der Waals surface area contributed by atoms with E-state index in [1.165, 1.54) is 6.42 Å². The van der Waals surface area contributed by atoms with E-state index in [9.17, 15) is 5.11 Å². The molecule has 0 aromatic carbocycles. The van der Waals surface area contributed by atoms with Crippen molar-refractivity contribution < 1.29 is 14.6 Å². The molecule has 0 fully saturated rings. The van der Waals surface area contributed by atoms with Crippen LogP contribution in [0.25, 0.3) is 10.8 Å². The topological polar surface area (TPSA) is 98.3 Å². The SMILES string of the molecule is C=O.CCC.CCC(CO)Oc1ncc(C(C)(C)N)c2cc(C)ncc12. The molecule has 0 aliphatic heterocycles. The van der Waals surface area contributed by atoms with Crippen molar-refractivity contribution in [3.8, 4) is 5.88 Å². The van der Waals surface area contributed by atoms with Gasteiger partial charge in [-0.15, -0.1) is 0 Å². The Balaban J connectivity index is 0.00000113. The molecule has 6 nitrogen and oxygen atoms in total. The third-order valence-electron chi connectivity index (χ3n) is 3.50. The zero-order valence-corrected chi connectivity index (χ0v) is 16.9. The highest BCUT2D eigenvalue weighted by atomic mass is 16.5. The van der Waals surface area contributed by atoms with Crippen molar-refractivity contribution in [1.29, 1.82) is 0 Å². The summed E-state index contributed by atoms with van der Waals surface area (Å²) in [5.74, 6) is 0.492. The second-order valence-corrected chi connectivity index (χ2v) is 6.61. The molecule has 2 heterocycles. The summed E-state index contributed by atoms with van der Waals surface area (Å²) in [4.78, 5) is 16.7. The number of hydrogen-bond acceptors (Lipinski definition) is 6. The number of aliphatic hydroxyl groups is 1. The minimum atomic E-state index is -0.501. The summed E-state index contributed by atoms with van der Waals surface area (Å²) >= 11 is 0. The van der Waals surface area contributed by atoms with Crippen LogP contribution < -0.4 is 10.5 Å². The molecule has 1 unspecified atom stereocenters. The van der Waals surface area contributed by atoms with E-state index in [0.29, 0.717) is 12.3 Å². The van der Waals surface area contributed by atoms with Gasteiger partial charge in [0.1, 0.15) is 12.9 Å². The van der Waals surface area contributed by atoms with Gasteiger partial charge in [-0.3, -0.25) is 4.98 Å². The molecular formula is C20H33N3O3. The van der Waals surface area contributed by atoms with Crippen molar-refractivity contribution in [3.05, 3.63) is 29.7 Å². The number of aliphatic hydroxyl groups excluding tert-OH is 1. The fourth-order valence-electron chi connectivity index (χ4n) is 2.23. The lowest BCUT2D eigenvalue weighted by atomic mass is 9.93. The van der Waals surface area contributed by atoms with Crippen molar-refractivity contribution in [2.45, 2.75) is 66.0 Å². The zero-order valence-electron chi connectivity index (χ0n) is 16.9. The Morgan fingerprint density at radius 1 is 1.19 bits per heavy atom. The summed E-state index contributed by atoms with van der Waals surface area (Å²) < 4.78 is 5.79. The number of nitrogens with zero attached hydrogens (tertiary/aromatic N) is 2. The van der Waals surface area contributed by atoms with Crippen molar-refractivity contribution in [2.75, 3.05) is 6.61 Å². The molecule has 0 aliphatic carbocycles. The molecule has 0 saturated carbocycles. The molecule has 2 aromatic heterocycles. The fraction of sp³-hybridized carbons (Fsp3) is 0.550. The summed E-state index contributed by atoms with van der Waals surface area (Å²) in [5.41, 5.74) is 7.60. The third-order valence-corrected chi connectivity index (χ3v) is 3.50. The second kappa shape index (κ2) is 11.5. The van der Waals surface area contributed by atoms with Gasteiger partial charge in [0, 0.05) is 23.6 Å². The summed E-state index contributed by atoms with van der Waals surface area (Å²) in [7, 11) is 0. The van der Waals surface area contributed by atoms with Gasteiger partial charge in [0.2, 0.25) is 5.88 Å². The summed E-state index contributed by atoms with van der Waals surface area (Å²) in [6.45, 7) is 14.0. The molecule has 146 valence electrons. The highest BCUT2D eigenvalue weighted by Crippen LogP contribution is 2.31. The molecule has 0 spiro atoms. The van der Waals surface area contributed by atoms with Gasteiger partial charge in [0.05, 0.1) is 12.0 Å². The molecule has 2 rings (SSSR count). The largest absolute Gasteiger partial charge is 0.471 e. The molecule has 0 bridgehead atoms. The number of ether oxygens (including phenoxy) is 1. The molecule has 1 atom stereocenters. The first-order valence-corrected chi connectivity index (χ1v) is 8.89. The van der Waals surface area contributed by atoms with Gasteiger partial charge in [-0.2, -0.15) is 0 Å². The summed E-state index contributed by atoms with van der Waals surface area (Å²) in [6.07, 6.45) is 5.20. The first-order chi connectivity index (χ1) is 12.3. The minimum absolute atomic E-state index is 0.0386. The van der Waals surface area contributed by atoms with E-state index >= 15 is 0 Å². The Labute approximate surface area is 156 Å². The van der Waals surface area contributed by atoms with Gasteiger partial charge in [-0.25, -0.2) is 4.98 Å². The van der Waals surface area contributed by atoms with Crippen LogP contribution in [0.2, 0.25) is 0 Å². The molecule has 0 aliphatic rings. The molecule has 26 heavy (non-hydrogen) atoms. The monoisotopic (exact) mass is 363 g/mol. The van der Waals surface area contributed by atoms with Crippen LogP contribution in [-0.2, 0) is 10.3 Å². The van der Waals surface area contributed by atoms with Gasteiger partial charge in [0.25, 0.3) is 0 Å². The predicted molar refractivity (Wildman–Crippen MR) is 106 cm³/mol. The highest BCUT2D eigenvalue weighted by Gasteiger charge is 2.21. The third kappa shape index (κ3) is 6.69. The molecule has 3 N–H and O–H groups in total. The van der Waals surface area contributed by atoms with Crippen LogP contribution in [0.5, 0.6) is 5.88 Å². The molecule has 6 heteroatoms. The standard InChI is InChI=1S/C16H23N3O2.C3H8.CH2O/c1-5-11(9-20)21-15-13-7-18-10(2)6-12(13)14(8-19-15)16(3,4)17;1-3-2;1-2/h6-8,11,20H,5,9,17H2,1-4H3;3H2,1-2H3;1H2. The second-order valence-electron chi connectivity index (χ2n) is 6.61. The van der Waals surface area contributed by atoms with E-state index in [1.807, 2.05) is 40.6 Å². The lowest BCUT2D eigenvalue weighted by molar-refractivity contribution is -0.0979. The van der Waals surface area contributed by atoms with E-state index in [1.54, 1.807) is 12.4 Å². The molecule has 0 saturated heterocycles. The van der Waals surface area contributed by atoms with E-state index in [0.717, 1.165) is 22.0 Å².